The fourth-order valence-corrected chi connectivity index (χ4v) is 3.41. The van der Waals surface area contributed by atoms with E-state index in [1.807, 2.05) is 0 Å². The van der Waals surface area contributed by atoms with Crippen LogP contribution in [-0.2, 0) is 10.0 Å². The van der Waals surface area contributed by atoms with Crippen molar-refractivity contribution in [1.82, 2.24) is 4.31 Å². The molecule has 0 heterocycles. The molecule has 0 aromatic heterocycles. The fourth-order valence-electron chi connectivity index (χ4n) is 1.93. The second-order valence-corrected chi connectivity index (χ2v) is 7.14. The first-order valence-electron chi connectivity index (χ1n) is 6.31. The Bertz CT molecular complexity index is 714. The first kappa shape index (κ1) is 15.9. The molecule has 0 saturated carbocycles. The Morgan fingerprint density at radius 1 is 1.05 bits per heavy atom. The number of halogens is 2. The molecule has 0 aliphatic heterocycles. The van der Waals surface area contributed by atoms with E-state index in [1.165, 1.54) is 47.8 Å². The number of nitrogens with zero attached hydrogens (tertiary/aromatic N) is 1. The first-order chi connectivity index (χ1) is 9.82. The lowest BCUT2D eigenvalue weighted by molar-refractivity contribution is 0.398. The molecule has 0 spiro atoms. The topological polar surface area (TPSA) is 37.4 Å². The number of rotatable bonds is 4. The lowest BCUT2D eigenvalue weighted by Crippen LogP contribution is -2.29. The van der Waals surface area contributed by atoms with Crippen LogP contribution in [0, 0.1) is 5.82 Å². The highest BCUT2D eigenvalue weighted by Gasteiger charge is 2.26. The molecule has 0 N–H and O–H groups in total. The van der Waals surface area contributed by atoms with Gasteiger partial charge in [0.2, 0.25) is 10.0 Å². The van der Waals surface area contributed by atoms with Gasteiger partial charge in [-0.1, -0.05) is 23.7 Å². The molecular formula is C15H15ClFNO2S. The average Bonchev–Trinajstić information content (AvgIpc) is 2.47. The first-order valence-corrected chi connectivity index (χ1v) is 8.13. The van der Waals surface area contributed by atoms with Crippen molar-refractivity contribution in [3.05, 3.63) is 64.9 Å². The van der Waals surface area contributed by atoms with E-state index < -0.39 is 16.1 Å². The highest BCUT2D eigenvalue weighted by Crippen LogP contribution is 2.26. The number of benzene rings is 2. The van der Waals surface area contributed by atoms with Gasteiger partial charge < -0.3 is 0 Å². The summed E-state index contributed by atoms with van der Waals surface area (Å²) in [5.74, 6) is -0.353. The molecule has 2 aromatic carbocycles. The van der Waals surface area contributed by atoms with Crippen molar-refractivity contribution < 1.29 is 12.8 Å². The summed E-state index contributed by atoms with van der Waals surface area (Å²) in [5, 5.41) is 0.475. The monoisotopic (exact) mass is 327 g/mol. The van der Waals surface area contributed by atoms with E-state index in [0.29, 0.717) is 5.02 Å². The number of sulfonamides is 1. The highest BCUT2D eigenvalue weighted by molar-refractivity contribution is 7.89. The minimum Gasteiger partial charge on any atom is -0.207 e. The maximum atomic E-state index is 12.9. The third kappa shape index (κ3) is 3.43. The van der Waals surface area contributed by atoms with Crippen molar-refractivity contribution in [3.63, 3.8) is 0 Å². The van der Waals surface area contributed by atoms with E-state index in [-0.39, 0.29) is 10.7 Å². The Kier molecular flexibility index (Phi) is 4.66. The van der Waals surface area contributed by atoms with E-state index in [0.717, 1.165) is 5.56 Å². The molecule has 3 nitrogen and oxygen atoms in total. The minimum atomic E-state index is -3.63. The molecule has 6 heteroatoms. The van der Waals surface area contributed by atoms with E-state index in [9.17, 15) is 12.8 Å². The summed E-state index contributed by atoms with van der Waals surface area (Å²) in [6, 6.07) is 11.4. The van der Waals surface area contributed by atoms with Crippen molar-refractivity contribution in [2.75, 3.05) is 7.05 Å². The van der Waals surface area contributed by atoms with Crippen molar-refractivity contribution in [2.45, 2.75) is 17.9 Å². The lowest BCUT2D eigenvalue weighted by Gasteiger charge is -2.24. The summed E-state index contributed by atoms with van der Waals surface area (Å²) >= 11 is 5.77. The number of hydrogen-bond acceptors (Lipinski definition) is 2. The fraction of sp³-hybridized carbons (Fsp3) is 0.200. The van der Waals surface area contributed by atoms with Gasteiger partial charge in [0.25, 0.3) is 0 Å². The third-order valence-corrected chi connectivity index (χ3v) is 5.58. The molecule has 1 unspecified atom stereocenters. The van der Waals surface area contributed by atoms with Crippen LogP contribution in [0.5, 0.6) is 0 Å². The Labute approximate surface area is 129 Å². The standard InChI is InChI=1S/C15H15ClFNO2S/c1-11(12-3-7-14(17)8-4-12)18(2)21(19,20)15-9-5-13(16)6-10-15/h3-11H,1-2H3. The van der Waals surface area contributed by atoms with Crippen molar-refractivity contribution in [3.8, 4) is 0 Å². The van der Waals surface area contributed by atoms with Crippen molar-refractivity contribution in [2.24, 2.45) is 0 Å². The maximum Gasteiger partial charge on any atom is 0.243 e. The zero-order valence-electron chi connectivity index (χ0n) is 11.6. The van der Waals surface area contributed by atoms with Gasteiger partial charge in [0, 0.05) is 18.1 Å². The van der Waals surface area contributed by atoms with Gasteiger partial charge >= 0.3 is 0 Å². The largest absolute Gasteiger partial charge is 0.243 e. The average molecular weight is 328 g/mol. The van der Waals surface area contributed by atoms with Crippen LogP contribution in [-0.4, -0.2) is 19.8 Å². The molecule has 0 fully saturated rings. The summed E-state index contributed by atoms with van der Waals surface area (Å²) in [7, 11) is -2.13. The quantitative estimate of drug-likeness (QED) is 0.855. The van der Waals surface area contributed by atoms with E-state index >= 15 is 0 Å². The molecule has 2 aromatic rings. The molecule has 1 atom stereocenters. The predicted octanol–water partition coefficient (Wildman–Crippen LogP) is 3.86. The van der Waals surface area contributed by atoms with Gasteiger partial charge in [0.1, 0.15) is 5.82 Å². The van der Waals surface area contributed by atoms with E-state index in [1.54, 1.807) is 19.1 Å². The molecule has 0 aliphatic rings. The Morgan fingerprint density at radius 3 is 2.10 bits per heavy atom. The van der Waals surface area contributed by atoms with Crippen molar-refractivity contribution in [1.29, 1.82) is 0 Å². The summed E-state index contributed by atoms with van der Waals surface area (Å²) in [6.07, 6.45) is 0. The van der Waals surface area contributed by atoms with Gasteiger partial charge in [-0.25, -0.2) is 12.8 Å². The molecule has 0 radical (unpaired) electrons. The van der Waals surface area contributed by atoms with Gasteiger partial charge in [0.15, 0.2) is 0 Å². The summed E-state index contributed by atoms with van der Waals surface area (Å²) in [6.45, 7) is 1.75. The molecule has 0 saturated heterocycles. The summed E-state index contributed by atoms with van der Waals surface area (Å²) < 4.78 is 39.3. The Balaban J connectivity index is 2.31. The normalized spacial score (nSPS) is 13.4. The van der Waals surface area contributed by atoms with Crippen LogP contribution in [0.3, 0.4) is 0 Å². The van der Waals surface area contributed by atoms with Crippen LogP contribution in [0.25, 0.3) is 0 Å². The molecule has 0 bridgehead atoms. The predicted molar refractivity (Wildman–Crippen MR) is 81.2 cm³/mol. The van der Waals surface area contributed by atoms with Gasteiger partial charge in [-0.3, -0.25) is 0 Å². The van der Waals surface area contributed by atoms with Gasteiger partial charge in [-0.2, -0.15) is 4.31 Å². The minimum absolute atomic E-state index is 0.170. The zero-order chi connectivity index (χ0) is 15.6. The molecule has 0 aliphatic carbocycles. The van der Waals surface area contributed by atoms with Crippen LogP contribution < -0.4 is 0 Å². The zero-order valence-corrected chi connectivity index (χ0v) is 13.2. The second kappa shape index (κ2) is 6.13. The smallest absolute Gasteiger partial charge is 0.207 e. The summed E-state index contributed by atoms with van der Waals surface area (Å²) in [4.78, 5) is 0.170. The molecular weight excluding hydrogens is 313 g/mol. The molecule has 2 rings (SSSR count). The number of hydrogen-bond donors (Lipinski definition) is 0. The van der Waals surface area contributed by atoms with Crippen LogP contribution in [0.2, 0.25) is 5.02 Å². The van der Waals surface area contributed by atoms with Gasteiger partial charge in [-0.15, -0.1) is 0 Å². The van der Waals surface area contributed by atoms with E-state index in [2.05, 4.69) is 0 Å². The van der Waals surface area contributed by atoms with Crippen LogP contribution >= 0.6 is 11.6 Å². The SMILES string of the molecule is CC(c1ccc(F)cc1)N(C)S(=O)(=O)c1ccc(Cl)cc1. The van der Waals surface area contributed by atoms with Gasteiger partial charge in [-0.05, 0) is 48.9 Å². The van der Waals surface area contributed by atoms with Crippen molar-refractivity contribution >= 4 is 21.6 Å². The van der Waals surface area contributed by atoms with E-state index in [4.69, 9.17) is 11.6 Å². The van der Waals surface area contributed by atoms with Crippen LogP contribution in [0.15, 0.2) is 53.4 Å². The summed E-state index contributed by atoms with van der Waals surface area (Å²) in [5.41, 5.74) is 0.719. The maximum absolute atomic E-state index is 12.9. The van der Waals surface area contributed by atoms with Gasteiger partial charge in [0.05, 0.1) is 4.90 Å². The Morgan fingerprint density at radius 2 is 1.57 bits per heavy atom. The van der Waals surface area contributed by atoms with Crippen LogP contribution in [0.1, 0.15) is 18.5 Å². The molecule has 0 amide bonds. The Hall–Kier alpha value is -1.43. The molecule has 21 heavy (non-hydrogen) atoms. The lowest BCUT2D eigenvalue weighted by atomic mass is 10.1. The molecule has 112 valence electrons. The third-order valence-electron chi connectivity index (χ3n) is 3.39. The second-order valence-electron chi connectivity index (χ2n) is 4.70. The highest BCUT2D eigenvalue weighted by atomic mass is 35.5. The van der Waals surface area contributed by atoms with Crippen LogP contribution in [0.4, 0.5) is 4.39 Å².